The van der Waals surface area contributed by atoms with E-state index in [9.17, 15) is 19.3 Å². The second-order valence-corrected chi connectivity index (χ2v) is 3.34. The number of carbonyl (C=O) groups is 1. The van der Waals surface area contributed by atoms with E-state index in [1.807, 2.05) is 0 Å². The summed E-state index contributed by atoms with van der Waals surface area (Å²) >= 11 is 0. The van der Waals surface area contributed by atoms with Gasteiger partial charge in [-0.05, 0) is 12.1 Å². The number of aromatic amines is 1. The molecular weight excluding hydrogens is 243 g/mol. The number of H-pyrrole nitrogens is 1. The zero-order valence-electron chi connectivity index (χ0n) is 8.88. The van der Waals surface area contributed by atoms with Crippen LogP contribution < -0.4 is 5.32 Å². The molecule has 0 fully saturated rings. The molecule has 7 nitrogen and oxygen atoms in total. The van der Waals surface area contributed by atoms with Gasteiger partial charge in [0.1, 0.15) is 17.2 Å². The van der Waals surface area contributed by atoms with Gasteiger partial charge in [0.2, 0.25) is 0 Å². The molecule has 2 rings (SSSR count). The highest BCUT2D eigenvalue weighted by molar-refractivity contribution is 6.06. The molecule has 92 valence electrons. The normalized spacial score (nSPS) is 10.1. The minimum atomic E-state index is -0.815. The molecule has 0 spiro atoms. The number of halogens is 1. The topological polar surface area (TPSA) is 101 Å². The predicted octanol–water partition coefficient (Wildman–Crippen LogP) is 1.71. The Hall–Kier alpha value is -2.77. The van der Waals surface area contributed by atoms with Crippen LogP contribution in [0.4, 0.5) is 15.9 Å². The second kappa shape index (κ2) is 4.62. The van der Waals surface area contributed by atoms with Crippen LogP contribution in [0.3, 0.4) is 0 Å². The lowest BCUT2D eigenvalue weighted by molar-refractivity contribution is -0.385. The highest BCUT2D eigenvalue weighted by Gasteiger charge is 2.21. The van der Waals surface area contributed by atoms with Gasteiger partial charge in [-0.25, -0.2) is 4.39 Å². The first-order chi connectivity index (χ1) is 8.58. The summed E-state index contributed by atoms with van der Waals surface area (Å²) in [4.78, 5) is 21.7. The highest BCUT2D eigenvalue weighted by Crippen LogP contribution is 2.20. The van der Waals surface area contributed by atoms with Crippen molar-refractivity contribution >= 4 is 17.4 Å². The number of carbonyl (C=O) groups excluding carboxylic acids is 1. The Kier molecular flexibility index (Phi) is 3.00. The molecule has 1 aromatic carbocycles. The number of aromatic nitrogens is 2. The first-order valence-corrected chi connectivity index (χ1v) is 4.82. The van der Waals surface area contributed by atoms with E-state index >= 15 is 0 Å². The van der Waals surface area contributed by atoms with Crippen LogP contribution in [-0.4, -0.2) is 21.0 Å². The molecule has 0 bridgehead atoms. The van der Waals surface area contributed by atoms with E-state index in [2.05, 4.69) is 15.5 Å². The number of hydrogen-bond acceptors (Lipinski definition) is 4. The summed E-state index contributed by atoms with van der Waals surface area (Å²) in [6.07, 6.45) is 1.41. The standard InChI is InChI=1S/C10H7FN4O3/c11-6-1-2-7(8(5-6)15(17)18)10(16)13-9-3-4-12-14-9/h1-5H,(H2,12,13,14,16). The van der Waals surface area contributed by atoms with Crippen molar-refractivity contribution in [3.05, 3.63) is 52.0 Å². The van der Waals surface area contributed by atoms with Gasteiger partial charge in [-0.3, -0.25) is 20.0 Å². The molecule has 0 unspecified atom stereocenters. The van der Waals surface area contributed by atoms with Crippen molar-refractivity contribution in [2.24, 2.45) is 0 Å². The van der Waals surface area contributed by atoms with E-state index in [0.717, 1.165) is 12.1 Å². The molecule has 2 aromatic rings. The molecule has 18 heavy (non-hydrogen) atoms. The fourth-order valence-corrected chi connectivity index (χ4v) is 1.36. The third-order valence-corrected chi connectivity index (χ3v) is 2.15. The van der Waals surface area contributed by atoms with E-state index in [4.69, 9.17) is 0 Å². The van der Waals surface area contributed by atoms with Crippen LogP contribution in [-0.2, 0) is 0 Å². The molecular formula is C10H7FN4O3. The first-order valence-electron chi connectivity index (χ1n) is 4.82. The minimum Gasteiger partial charge on any atom is -0.307 e. The maximum absolute atomic E-state index is 12.9. The monoisotopic (exact) mass is 250 g/mol. The molecule has 0 saturated carbocycles. The lowest BCUT2D eigenvalue weighted by Gasteiger charge is -2.03. The van der Waals surface area contributed by atoms with Crippen LogP contribution in [0.15, 0.2) is 30.5 Å². The van der Waals surface area contributed by atoms with Crippen LogP contribution in [0, 0.1) is 15.9 Å². The molecule has 8 heteroatoms. The van der Waals surface area contributed by atoms with E-state index in [-0.39, 0.29) is 5.56 Å². The number of rotatable bonds is 3. The van der Waals surface area contributed by atoms with Crippen molar-refractivity contribution < 1.29 is 14.1 Å². The van der Waals surface area contributed by atoms with Crippen LogP contribution in [0.5, 0.6) is 0 Å². The second-order valence-electron chi connectivity index (χ2n) is 3.34. The fraction of sp³-hybridized carbons (Fsp3) is 0. The van der Waals surface area contributed by atoms with Crippen molar-refractivity contribution in [3.63, 3.8) is 0 Å². The molecule has 0 aliphatic carbocycles. The van der Waals surface area contributed by atoms with Gasteiger partial charge in [0.05, 0.1) is 17.2 Å². The molecule has 1 aromatic heterocycles. The van der Waals surface area contributed by atoms with Crippen LogP contribution in [0.1, 0.15) is 10.4 Å². The molecule has 2 N–H and O–H groups in total. The van der Waals surface area contributed by atoms with Gasteiger partial charge < -0.3 is 5.32 Å². The number of nitrogens with one attached hydrogen (secondary N) is 2. The first kappa shape index (κ1) is 11.7. The van der Waals surface area contributed by atoms with Crippen molar-refractivity contribution in [3.8, 4) is 0 Å². The summed E-state index contributed by atoms with van der Waals surface area (Å²) in [5.74, 6) is -1.20. The largest absolute Gasteiger partial charge is 0.307 e. The number of nitro groups is 1. The highest BCUT2D eigenvalue weighted by atomic mass is 19.1. The van der Waals surface area contributed by atoms with Gasteiger partial charge in [-0.15, -0.1) is 0 Å². The van der Waals surface area contributed by atoms with Gasteiger partial charge in [0.15, 0.2) is 0 Å². The lowest BCUT2D eigenvalue weighted by Crippen LogP contribution is -2.14. The van der Waals surface area contributed by atoms with E-state index in [1.165, 1.54) is 12.3 Å². The van der Waals surface area contributed by atoms with Crippen molar-refractivity contribution in [2.75, 3.05) is 5.32 Å². The zero-order chi connectivity index (χ0) is 13.1. The van der Waals surface area contributed by atoms with Gasteiger partial charge in [0.25, 0.3) is 11.6 Å². The lowest BCUT2D eigenvalue weighted by atomic mass is 10.1. The summed E-state index contributed by atoms with van der Waals surface area (Å²) in [5, 5.41) is 19.2. The summed E-state index contributed by atoms with van der Waals surface area (Å²) in [6.45, 7) is 0. The molecule has 0 atom stereocenters. The van der Waals surface area contributed by atoms with Crippen LogP contribution in [0.2, 0.25) is 0 Å². The zero-order valence-corrected chi connectivity index (χ0v) is 8.88. The van der Waals surface area contributed by atoms with E-state index in [1.54, 1.807) is 0 Å². The number of amides is 1. The van der Waals surface area contributed by atoms with E-state index in [0.29, 0.717) is 11.9 Å². The van der Waals surface area contributed by atoms with Crippen molar-refractivity contribution in [1.29, 1.82) is 0 Å². The number of nitrogens with zero attached hydrogens (tertiary/aromatic N) is 2. The Morgan fingerprint density at radius 1 is 1.44 bits per heavy atom. The summed E-state index contributed by atoms with van der Waals surface area (Å²) in [7, 11) is 0. The van der Waals surface area contributed by atoms with E-state index < -0.39 is 22.3 Å². The summed E-state index contributed by atoms with van der Waals surface area (Å²) in [5.41, 5.74) is -0.817. The molecule has 0 aliphatic heterocycles. The Morgan fingerprint density at radius 3 is 2.83 bits per heavy atom. The third kappa shape index (κ3) is 2.32. The Bertz CT molecular complexity index is 597. The average Bonchev–Trinajstić information content (AvgIpc) is 2.81. The maximum Gasteiger partial charge on any atom is 0.285 e. The maximum atomic E-state index is 12.9. The SMILES string of the molecule is O=C(Nc1ccn[nH]1)c1ccc(F)cc1[N+](=O)[O-]. The Labute approximate surface area is 99.8 Å². The fourth-order valence-electron chi connectivity index (χ4n) is 1.36. The molecule has 1 heterocycles. The number of anilines is 1. The van der Waals surface area contributed by atoms with Gasteiger partial charge >= 0.3 is 0 Å². The van der Waals surface area contributed by atoms with Gasteiger partial charge in [-0.2, -0.15) is 5.10 Å². The molecule has 1 amide bonds. The predicted molar refractivity (Wildman–Crippen MR) is 59.6 cm³/mol. The number of benzene rings is 1. The Morgan fingerprint density at radius 2 is 2.22 bits per heavy atom. The van der Waals surface area contributed by atoms with Crippen LogP contribution >= 0.6 is 0 Å². The average molecular weight is 250 g/mol. The summed E-state index contributed by atoms with van der Waals surface area (Å²) in [6, 6.07) is 4.21. The minimum absolute atomic E-state index is 0.226. The number of hydrogen-bond donors (Lipinski definition) is 2. The molecule has 0 saturated heterocycles. The summed E-state index contributed by atoms with van der Waals surface area (Å²) < 4.78 is 12.9. The molecule has 0 radical (unpaired) electrons. The Balaban J connectivity index is 2.32. The number of nitro benzene ring substituents is 1. The van der Waals surface area contributed by atoms with Crippen molar-refractivity contribution in [1.82, 2.24) is 10.2 Å². The third-order valence-electron chi connectivity index (χ3n) is 2.15. The van der Waals surface area contributed by atoms with Crippen LogP contribution in [0.25, 0.3) is 0 Å². The smallest absolute Gasteiger partial charge is 0.285 e. The van der Waals surface area contributed by atoms with Gasteiger partial charge in [0, 0.05) is 6.07 Å². The van der Waals surface area contributed by atoms with Gasteiger partial charge in [-0.1, -0.05) is 0 Å². The molecule has 0 aliphatic rings. The quantitative estimate of drug-likeness (QED) is 0.639. The van der Waals surface area contributed by atoms with Crippen molar-refractivity contribution in [2.45, 2.75) is 0 Å².